The Morgan fingerprint density at radius 1 is 0.815 bits per heavy atom. The van der Waals surface area contributed by atoms with Crippen LogP contribution in [0.3, 0.4) is 0 Å². The van der Waals surface area contributed by atoms with Gasteiger partial charge in [0.15, 0.2) is 5.44 Å². The standard InChI is InChI=1S/C25H26OS/c1-17-15-20-22(21(16-17)25(2,3)4)26-24(19-13-9-6-10-14-19)27-23(20)18-11-7-5-8-12-18/h5-16,23-24H,1-4H3. The normalized spacial score (nSPS) is 19.3. The summed E-state index contributed by atoms with van der Waals surface area (Å²) in [6.45, 7) is 8.98. The average Bonchev–Trinajstić information content (AvgIpc) is 2.67. The Balaban J connectivity index is 1.90. The zero-order valence-electron chi connectivity index (χ0n) is 16.4. The number of hydrogen-bond donors (Lipinski definition) is 0. The van der Waals surface area contributed by atoms with Crippen molar-refractivity contribution < 1.29 is 4.74 Å². The van der Waals surface area contributed by atoms with Crippen LogP contribution in [0.4, 0.5) is 0 Å². The van der Waals surface area contributed by atoms with Gasteiger partial charge in [-0.25, -0.2) is 0 Å². The number of fused-ring (bicyclic) bond motifs is 1. The van der Waals surface area contributed by atoms with Crippen molar-refractivity contribution in [3.05, 3.63) is 101 Å². The second-order valence-electron chi connectivity index (χ2n) is 8.27. The first kappa shape index (κ1) is 18.2. The van der Waals surface area contributed by atoms with Gasteiger partial charge >= 0.3 is 0 Å². The highest BCUT2D eigenvalue weighted by Crippen LogP contribution is 2.55. The maximum atomic E-state index is 6.65. The molecule has 0 saturated heterocycles. The molecule has 2 unspecified atom stereocenters. The summed E-state index contributed by atoms with van der Waals surface area (Å²) in [5.41, 5.74) is 6.45. The van der Waals surface area contributed by atoms with E-state index in [-0.39, 0.29) is 16.1 Å². The van der Waals surface area contributed by atoms with Gasteiger partial charge in [-0.15, -0.1) is 11.8 Å². The fraction of sp³-hybridized carbons (Fsp3) is 0.280. The molecule has 138 valence electrons. The number of hydrogen-bond acceptors (Lipinski definition) is 2. The maximum Gasteiger partial charge on any atom is 0.170 e. The number of thioether (sulfide) groups is 1. The Kier molecular flexibility index (Phi) is 4.77. The van der Waals surface area contributed by atoms with Crippen molar-refractivity contribution >= 4 is 11.8 Å². The molecule has 1 aliphatic rings. The van der Waals surface area contributed by atoms with E-state index in [1.807, 2.05) is 11.8 Å². The predicted octanol–water partition coefficient (Wildman–Crippen LogP) is 7.21. The number of benzene rings is 3. The van der Waals surface area contributed by atoms with Crippen molar-refractivity contribution in [3.63, 3.8) is 0 Å². The first-order valence-corrected chi connectivity index (χ1v) is 10.4. The second kappa shape index (κ2) is 7.09. The summed E-state index contributed by atoms with van der Waals surface area (Å²) in [6.07, 6.45) is 0. The summed E-state index contributed by atoms with van der Waals surface area (Å²) in [5, 5.41) is 0.265. The summed E-state index contributed by atoms with van der Waals surface area (Å²) in [4.78, 5) is 0. The van der Waals surface area contributed by atoms with Crippen molar-refractivity contribution in [2.75, 3.05) is 0 Å². The van der Waals surface area contributed by atoms with Crippen molar-refractivity contribution in [3.8, 4) is 5.75 Å². The predicted molar refractivity (Wildman–Crippen MR) is 116 cm³/mol. The molecule has 1 nitrogen and oxygen atoms in total. The Labute approximate surface area is 166 Å². The zero-order valence-corrected chi connectivity index (χ0v) is 17.2. The highest BCUT2D eigenvalue weighted by Gasteiger charge is 2.35. The van der Waals surface area contributed by atoms with Crippen LogP contribution < -0.4 is 4.74 Å². The molecule has 0 amide bonds. The second-order valence-corrected chi connectivity index (χ2v) is 9.44. The van der Waals surface area contributed by atoms with E-state index in [4.69, 9.17) is 4.74 Å². The molecule has 2 heteroatoms. The number of rotatable bonds is 2. The van der Waals surface area contributed by atoms with Gasteiger partial charge in [0.05, 0.1) is 5.25 Å². The SMILES string of the molecule is Cc1cc2c(c(C(C)(C)C)c1)OC(c1ccccc1)SC2c1ccccc1. The highest BCUT2D eigenvalue weighted by molar-refractivity contribution is 7.99. The zero-order chi connectivity index (χ0) is 19.0. The van der Waals surface area contributed by atoms with E-state index in [9.17, 15) is 0 Å². The molecule has 0 N–H and O–H groups in total. The quantitative estimate of drug-likeness (QED) is 0.469. The molecule has 0 radical (unpaired) electrons. The maximum absolute atomic E-state index is 6.65. The van der Waals surface area contributed by atoms with Crippen LogP contribution in [-0.4, -0.2) is 0 Å². The molecule has 3 aromatic carbocycles. The summed E-state index contributed by atoms with van der Waals surface area (Å²) in [5.74, 6) is 1.06. The van der Waals surface area contributed by atoms with Gasteiger partial charge in [-0.3, -0.25) is 0 Å². The van der Waals surface area contributed by atoms with Gasteiger partial charge in [0.1, 0.15) is 5.75 Å². The topological polar surface area (TPSA) is 9.23 Å². The highest BCUT2D eigenvalue weighted by atomic mass is 32.2. The summed E-state index contributed by atoms with van der Waals surface area (Å²) < 4.78 is 6.65. The molecule has 27 heavy (non-hydrogen) atoms. The summed E-state index contributed by atoms with van der Waals surface area (Å²) >= 11 is 1.89. The Morgan fingerprint density at radius 3 is 2.00 bits per heavy atom. The van der Waals surface area contributed by atoms with Gasteiger partial charge in [-0.05, 0) is 17.9 Å². The van der Waals surface area contributed by atoms with Crippen LogP contribution in [0.5, 0.6) is 5.75 Å². The largest absolute Gasteiger partial charge is 0.474 e. The smallest absolute Gasteiger partial charge is 0.170 e. The molecule has 3 aromatic rings. The van der Waals surface area contributed by atoms with Gasteiger partial charge in [0.2, 0.25) is 0 Å². The van der Waals surface area contributed by atoms with Crippen LogP contribution >= 0.6 is 11.8 Å². The molecule has 0 bridgehead atoms. The minimum absolute atomic E-state index is 0.00675. The lowest BCUT2D eigenvalue weighted by Crippen LogP contribution is -2.21. The minimum atomic E-state index is -0.00675. The van der Waals surface area contributed by atoms with Crippen LogP contribution in [-0.2, 0) is 5.41 Å². The van der Waals surface area contributed by atoms with Gasteiger partial charge < -0.3 is 4.74 Å². The molecule has 0 spiro atoms. The van der Waals surface area contributed by atoms with Crippen LogP contribution in [0.2, 0.25) is 0 Å². The molecule has 2 atom stereocenters. The van der Waals surface area contributed by atoms with Crippen LogP contribution in [0, 0.1) is 6.92 Å². The molecule has 0 aromatic heterocycles. The number of ether oxygens (including phenoxy) is 1. The van der Waals surface area contributed by atoms with E-state index in [2.05, 4.69) is 100 Å². The lowest BCUT2D eigenvalue weighted by molar-refractivity contribution is 0.277. The first-order chi connectivity index (χ1) is 12.9. The van der Waals surface area contributed by atoms with Crippen LogP contribution in [0.25, 0.3) is 0 Å². The van der Waals surface area contributed by atoms with Gasteiger partial charge in [-0.1, -0.05) is 99.1 Å². The molecule has 0 aliphatic carbocycles. The van der Waals surface area contributed by atoms with Gasteiger partial charge in [0.25, 0.3) is 0 Å². The van der Waals surface area contributed by atoms with Gasteiger partial charge in [0, 0.05) is 16.7 Å². The molecular formula is C25H26OS. The Bertz CT molecular complexity index is 926. The molecule has 1 aliphatic heterocycles. The Morgan fingerprint density at radius 2 is 1.41 bits per heavy atom. The van der Waals surface area contributed by atoms with E-state index in [1.165, 1.54) is 27.8 Å². The summed E-state index contributed by atoms with van der Waals surface area (Å²) in [7, 11) is 0. The van der Waals surface area contributed by atoms with E-state index in [1.54, 1.807) is 0 Å². The van der Waals surface area contributed by atoms with Crippen molar-refractivity contribution in [2.24, 2.45) is 0 Å². The van der Waals surface area contributed by atoms with E-state index in [0.29, 0.717) is 0 Å². The third-order valence-corrected chi connectivity index (χ3v) is 6.42. The van der Waals surface area contributed by atoms with Crippen molar-refractivity contribution in [2.45, 2.75) is 43.8 Å². The number of aryl methyl sites for hydroxylation is 1. The molecular weight excluding hydrogens is 348 g/mol. The molecule has 0 saturated carbocycles. The van der Waals surface area contributed by atoms with Gasteiger partial charge in [-0.2, -0.15) is 0 Å². The summed E-state index contributed by atoms with van der Waals surface area (Å²) in [6, 6.07) is 26.0. The lowest BCUT2D eigenvalue weighted by atomic mass is 9.83. The molecule has 1 heterocycles. The van der Waals surface area contributed by atoms with E-state index < -0.39 is 0 Å². The first-order valence-electron chi connectivity index (χ1n) is 9.50. The Hall–Kier alpha value is -2.19. The fourth-order valence-corrected chi connectivity index (χ4v) is 5.01. The molecule has 4 rings (SSSR count). The third-order valence-electron chi connectivity index (χ3n) is 5.01. The lowest BCUT2D eigenvalue weighted by Gasteiger charge is -2.36. The fourth-order valence-electron chi connectivity index (χ4n) is 3.66. The van der Waals surface area contributed by atoms with Crippen molar-refractivity contribution in [1.29, 1.82) is 0 Å². The molecule has 0 fully saturated rings. The van der Waals surface area contributed by atoms with Crippen LogP contribution in [0.15, 0.2) is 72.8 Å². The monoisotopic (exact) mass is 374 g/mol. The van der Waals surface area contributed by atoms with Crippen molar-refractivity contribution in [1.82, 2.24) is 0 Å². The van der Waals surface area contributed by atoms with Crippen LogP contribution in [0.1, 0.15) is 59.3 Å². The minimum Gasteiger partial charge on any atom is -0.474 e. The third kappa shape index (κ3) is 3.64. The average molecular weight is 375 g/mol. The van der Waals surface area contributed by atoms with E-state index in [0.717, 1.165) is 5.75 Å². The van der Waals surface area contributed by atoms with E-state index >= 15 is 0 Å².